The summed E-state index contributed by atoms with van der Waals surface area (Å²) in [6.45, 7) is 3.69. The highest BCUT2D eigenvalue weighted by Gasteiger charge is 2.20. The summed E-state index contributed by atoms with van der Waals surface area (Å²) in [6.07, 6.45) is 2.79. The number of anilines is 2. The smallest absolute Gasteiger partial charge is 0.127 e. The first kappa shape index (κ1) is 12.8. The Labute approximate surface area is 119 Å². The highest BCUT2D eigenvalue weighted by atomic mass is 16.5. The SMILES string of the molecule is CCNc1cc(NC2CCOc3ccccc32)ccn1. The molecule has 20 heavy (non-hydrogen) atoms. The summed E-state index contributed by atoms with van der Waals surface area (Å²) < 4.78 is 5.69. The Bertz CT molecular complexity index is 585. The van der Waals surface area contributed by atoms with Gasteiger partial charge in [-0.3, -0.25) is 0 Å². The molecule has 2 heterocycles. The lowest BCUT2D eigenvalue weighted by molar-refractivity contribution is 0.274. The van der Waals surface area contributed by atoms with E-state index in [1.807, 2.05) is 30.5 Å². The fourth-order valence-electron chi connectivity index (χ4n) is 2.49. The van der Waals surface area contributed by atoms with Crippen molar-refractivity contribution in [2.75, 3.05) is 23.8 Å². The molecule has 2 aromatic rings. The van der Waals surface area contributed by atoms with Gasteiger partial charge in [-0.25, -0.2) is 4.98 Å². The molecule has 1 unspecified atom stereocenters. The maximum Gasteiger partial charge on any atom is 0.127 e. The van der Waals surface area contributed by atoms with Crippen LogP contribution in [0.15, 0.2) is 42.6 Å². The molecule has 0 fully saturated rings. The Morgan fingerprint density at radius 3 is 3.10 bits per heavy atom. The maximum atomic E-state index is 5.69. The van der Waals surface area contributed by atoms with E-state index in [2.05, 4.69) is 34.7 Å². The molecule has 1 aliphatic heterocycles. The molecular weight excluding hydrogens is 250 g/mol. The van der Waals surface area contributed by atoms with Crippen molar-refractivity contribution >= 4 is 11.5 Å². The van der Waals surface area contributed by atoms with Crippen LogP contribution in [0.25, 0.3) is 0 Å². The number of nitrogens with one attached hydrogen (secondary N) is 2. The number of ether oxygens (including phenoxy) is 1. The van der Waals surface area contributed by atoms with Gasteiger partial charge in [0.15, 0.2) is 0 Å². The number of hydrogen-bond acceptors (Lipinski definition) is 4. The Morgan fingerprint density at radius 2 is 2.20 bits per heavy atom. The second kappa shape index (κ2) is 5.82. The Hall–Kier alpha value is -2.23. The van der Waals surface area contributed by atoms with Crippen molar-refractivity contribution in [3.63, 3.8) is 0 Å². The van der Waals surface area contributed by atoms with Crippen LogP contribution in [0.3, 0.4) is 0 Å². The molecule has 104 valence electrons. The molecule has 0 spiro atoms. The van der Waals surface area contributed by atoms with Crippen molar-refractivity contribution in [2.45, 2.75) is 19.4 Å². The first-order valence-corrected chi connectivity index (χ1v) is 7.05. The zero-order valence-electron chi connectivity index (χ0n) is 11.6. The summed E-state index contributed by atoms with van der Waals surface area (Å²) in [7, 11) is 0. The van der Waals surface area contributed by atoms with Gasteiger partial charge in [0.05, 0.1) is 12.6 Å². The molecule has 0 amide bonds. The molecule has 0 radical (unpaired) electrons. The number of fused-ring (bicyclic) bond motifs is 1. The van der Waals surface area contributed by atoms with Crippen LogP contribution in [0.1, 0.15) is 24.9 Å². The molecule has 0 aliphatic carbocycles. The summed E-state index contributed by atoms with van der Waals surface area (Å²) in [4.78, 5) is 4.29. The minimum Gasteiger partial charge on any atom is -0.493 e. The van der Waals surface area contributed by atoms with Crippen molar-refractivity contribution in [2.24, 2.45) is 0 Å². The lowest BCUT2D eigenvalue weighted by atomic mass is 10.0. The number of nitrogens with zero attached hydrogens (tertiary/aromatic N) is 1. The standard InChI is InChI=1S/C16H19N3O/c1-2-17-16-11-12(7-9-18-16)19-14-8-10-20-15-6-4-3-5-13(14)15/h3-7,9,11,14H,2,8,10H2,1H3,(H2,17,18,19). The van der Waals surface area contributed by atoms with Crippen LogP contribution >= 0.6 is 0 Å². The maximum absolute atomic E-state index is 5.69. The van der Waals surface area contributed by atoms with E-state index in [4.69, 9.17) is 4.74 Å². The monoisotopic (exact) mass is 269 g/mol. The quantitative estimate of drug-likeness (QED) is 0.892. The van der Waals surface area contributed by atoms with Gasteiger partial charge in [0, 0.05) is 36.5 Å². The summed E-state index contributed by atoms with van der Waals surface area (Å²) in [6, 6.07) is 12.5. The van der Waals surface area contributed by atoms with Gasteiger partial charge >= 0.3 is 0 Å². The van der Waals surface area contributed by atoms with Gasteiger partial charge < -0.3 is 15.4 Å². The van der Waals surface area contributed by atoms with Crippen LogP contribution in [0.5, 0.6) is 5.75 Å². The fraction of sp³-hybridized carbons (Fsp3) is 0.312. The van der Waals surface area contributed by atoms with Gasteiger partial charge in [-0.1, -0.05) is 18.2 Å². The molecule has 1 aromatic carbocycles. The first-order chi connectivity index (χ1) is 9.86. The van der Waals surface area contributed by atoms with Crippen LogP contribution in [0, 0.1) is 0 Å². The average molecular weight is 269 g/mol. The Balaban J connectivity index is 1.80. The topological polar surface area (TPSA) is 46.2 Å². The molecule has 0 saturated heterocycles. The highest BCUT2D eigenvalue weighted by molar-refractivity contribution is 5.54. The third kappa shape index (κ3) is 2.69. The van der Waals surface area contributed by atoms with Gasteiger partial charge in [-0.15, -0.1) is 0 Å². The lowest BCUT2D eigenvalue weighted by Gasteiger charge is -2.27. The molecule has 1 aliphatic rings. The van der Waals surface area contributed by atoms with Crippen LogP contribution in [0.2, 0.25) is 0 Å². The summed E-state index contributed by atoms with van der Waals surface area (Å²) in [5.74, 6) is 1.88. The third-order valence-electron chi connectivity index (χ3n) is 3.42. The number of pyridine rings is 1. The Kier molecular flexibility index (Phi) is 3.72. The fourth-order valence-corrected chi connectivity index (χ4v) is 2.49. The van der Waals surface area contributed by atoms with E-state index in [1.54, 1.807) is 0 Å². The number of aromatic nitrogens is 1. The van der Waals surface area contributed by atoms with E-state index in [-0.39, 0.29) is 6.04 Å². The van der Waals surface area contributed by atoms with E-state index in [9.17, 15) is 0 Å². The second-order valence-corrected chi connectivity index (χ2v) is 4.83. The van der Waals surface area contributed by atoms with Crippen LogP contribution in [-0.2, 0) is 0 Å². The van der Waals surface area contributed by atoms with Gasteiger partial charge in [0.2, 0.25) is 0 Å². The van der Waals surface area contributed by atoms with E-state index >= 15 is 0 Å². The van der Waals surface area contributed by atoms with Crippen molar-refractivity contribution in [3.05, 3.63) is 48.2 Å². The number of benzene rings is 1. The van der Waals surface area contributed by atoms with Gasteiger partial charge in [-0.05, 0) is 19.1 Å². The van der Waals surface area contributed by atoms with E-state index < -0.39 is 0 Å². The minimum absolute atomic E-state index is 0.289. The van der Waals surface area contributed by atoms with Crippen LogP contribution in [-0.4, -0.2) is 18.1 Å². The third-order valence-corrected chi connectivity index (χ3v) is 3.42. The van der Waals surface area contributed by atoms with Crippen LogP contribution in [0.4, 0.5) is 11.5 Å². The van der Waals surface area contributed by atoms with Crippen molar-refractivity contribution in [1.82, 2.24) is 4.98 Å². The number of para-hydroxylation sites is 1. The van der Waals surface area contributed by atoms with E-state index in [0.29, 0.717) is 0 Å². The lowest BCUT2D eigenvalue weighted by Crippen LogP contribution is -2.20. The van der Waals surface area contributed by atoms with Crippen molar-refractivity contribution < 1.29 is 4.74 Å². The zero-order valence-corrected chi connectivity index (χ0v) is 11.6. The molecular formula is C16H19N3O. The largest absolute Gasteiger partial charge is 0.493 e. The molecule has 4 heteroatoms. The average Bonchev–Trinajstić information content (AvgIpc) is 2.48. The summed E-state index contributed by atoms with van der Waals surface area (Å²) in [5, 5.41) is 6.80. The van der Waals surface area contributed by atoms with Crippen LogP contribution < -0.4 is 15.4 Å². The number of hydrogen-bond donors (Lipinski definition) is 2. The molecule has 3 rings (SSSR count). The Morgan fingerprint density at radius 1 is 1.30 bits per heavy atom. The number of rotatable bonds is 4. The van der Waals surface area contributed by atoms with Crippen molar-refractivity contribution in [3.8, 4) is 5.75 Å². The molecule has 1 atom stereocenters. The first-order valence-electron chi connectivity index (χ1n) is 7.05. The summed E-state index contributed by atoms with van der Waals surface area (Å²) >= 11 is 0. The predicted molar refractivity (Wildman–Crippen MR) is 81.3 cm³/mol. The molecule has 0 saturated carbocycles. The summed E-state index contributed by atoms with van der Waals surface area (Å²) in [5.41, 5.74) is 2.30. The van der Waals surface area contributed by atoms with E-state index in [0.717, 1.165) is 36.8 Å². The van der Waals surface area contributed by atoms with Gasteiger partial charge in [0.25, 0.3) is 0 Å². The van der Waals surface area contributed by atoms with E-state index in [1.165, 1.54) is 5.56 Å². The zero-order chi connectivity index (χ0) is 13.8. The highest BCUT2D eigenvalue weighted by Crippen LogP contribution is 2.34. The van der Waals surface area contributed by atoms with Gasteiger partial charge in [0.1, 0.15) is 11.6 Å². The molecule has 4 nitrogen and oxygen atoms in total. The second-order valence-electron chi connectivity index (χ2n) is 4.83. The van der Waals surface area contributed by atoms with Crippen molar-refractivity contribution in [1.29, 1.82) is 0 Å². The minimum atomic E-state index is 0.289. The molecule has 1 aromatic heterocycles. The van der Waals surface area contributed by atoms with Gasteiger partial charge in [-0.2, -0.15) is 0 Å². The normalized spacial score (nSPS) is 16.9. The molecule has 2 N–H and O–H groups in total. The molecule has 0 bridgehead atoms. The predicted octanol–water partition coefficient (Wildman–Crippen LogP) is 3.45.